The van der Waals surface area contributed by atoms with E-state index in [0.29, 0.717) is 0 Å². The normalized spacial score (nSPS) is 16.4. The number of urea groups is 1. The maximum Gasteiger partial charge on any atom is 0.321 e. The lowest BCUT2D eigenvalue weighted by molar-refractivity contribution is 0.157. The van der Waals surface area contributed by atoms with E-state index in [1.807, 2.05) is 35.2 Å². The Balaban J connectivity index is 1.84. The monoisotopic (exact) mass is 275 g/mol. The van der Waals surface area contributed by atoms with E-state index in [4.69, 9.17) is 4.74 Å². The topological polar surface area (TPSA) is 44.8 Å². The van der Waals surface area contributed by atoms with E-state index in [-0.39, 0.29) is 6.03 Å². The summed E-state index contributed by atoms with van der Waals surface area (Å²) >= 11 is 0. The van der Waals surface area contributed by atoms with Gasteiger partial charge in [0.05, 0.1) is 7.11 Å². The second kappa shape index (κ2) is 6.96. The summed E-state index contributed by atoms with van der Waals surface area (Å²) in [5.41, 5.74) is 0.989. The van der Waals surface area contributed by atoms with Crippen molar-refractivity contribution in [1.29, 1.82) is 0 Å². The summed E-state index contributed by atoms with van der Waals surface area (Å²) in [6.07, 6.45) is 3.53. The van der Waals surface area contributed by atoms with Crippen LogP contribution >= 0.6 is 0 Å². The molecule has 2 rings (SSSR count). The van der Waals surface area contributed by atoms with E-state index in [9.17, 15) is 4.79 Å². The van der Waals surface area contributed by atoms with Gasteiger partial charge in [-0.2, -0.15) is 0 Å². The number of carbonyl (C=O) groups is 1. The molecule has 108 valence electrons. The molecule has 5 nitrogen and oxygen atoms in total. The van der Waals surface area contributed by atoms with Gasteiger partial charge in [-0.15, -0.1) is 0 Å². The van der Waals surface area contributed by atoms with Gasteiger partial charge in [0, 0.05) is 32.4 Å². The Labute approximate surface area is 119 Å². The Morgan fingerprint density at radius 2 is 2.05 bits per heavy atom. The van der Waals surface area contributed by atoms with Crippen molar-refractivity contribution < 1.29 is 9.53 Å². The molecule has 0 unspecified atom stereocenters. The summed E-state index contributed by atoms with van der Waals surface area (Å²) in [5, 5.41) is 2.80. The fraction of sp³-hybridized carbons (Fsp3) is 0.400. The molecular formula is C15H21N3O2. The maximum absolute atomic E-state index is 11.9. The standard InChI is InChI=1S/C15H21N3O2/c1-17-8-10-18(11-9-17)15(19)16-7-6-13-4-3-5-14(12-13)20-2/h3-7,12H,8-11H2,1-2H3,(H,16,19)/b7-6+. The largest absolute Gasteiger partial charge is 0.497 e. The van der Waals surface area contributed by atoms with Crippen LogP contribution in [-0.2, 0) is 0 Å². The smallest absolute Gasteiger partial charge is 0.321 e. The van der Waals surface area contributed by atoms with Crippen LogP contribution in [-0.4, -0.2) is 56.2 Å². The van der Waals surface area contributed by atoms with E-state index in [1.165, 1.54) is 0 Å². The molecule has 0 aliphatic carbocycles. The number of hydrogen-bond acceptors (Lipinski definition) is 3. The zero-order valence-corrected chi connectivity index (χ0v) is 12.0. The number of rotatable bonds is 3. The first-order valence-electron chi connectivity index (χ1n) is 6.73. The lowest BCUT2D eigenvalue weighted by Gasteiger charge is -2.31. The molecule has 0 radical (unpaired) electrons. The number of piperazine rings is 1. The summed E-state index contributed by atoms with van der Waals surface area (Å²) in [5.74, 6) is 0.803. The number of benzene rings is 1. The Kier molecular flexibility index (Phi) is 5.01. The van der Waals surface area contributed by atoms with Crippen LogP contribution in [0.15, 0.2) is 30.5 Å². The fourth-order valence-corrected chi connectivity index (χ4v) is 2.06. The molecule has 0 bridgehead atoms. The van der Waals surface area contributed by atoms with E-state index >= 15 is 0 Å². The van der Waals surface area contributed by atoms with Crippen LogP contribution in [0.1, 0.15) is 5.56 Å². The number of hydrogen-bond donors (Lipinski definition) is 1. The minimum atomic E-state index is -0.0442. The van der Waals surface area contributed by atoms with Crippen molar-refractivity contribution in [2.45, 2.75) is 0 Å². The summed E-state index contributed by atoms with van der Waals surface area (Å²) < 4.78 is 5.15. The van der Waals surface area contributed by atoms with Gasteiger partial charge in [0.15, 0.2) is 0 Å². The predicted octanol–water partition coefficient (Wildman–Crippen LogP) is 1.62. The van der Waals surface area contributed by atoms with Crippen LogP contribution in [0.4, 0.5) is 4.79 Å². The van der Waals surface area contributed by atoms with Crippen molar-refractivity contribution in [3.63, 3.8) is 0 Å². The Bertz CT molecular complexity index is 480. The number of nitrogens with zero attached hydrogens (tertiary/aromatic N) is 2. The van der Waals surface area contributed by atoms with Crippen LogP contribution in [0.25, 0.3) is 6.08 Å². The van der Waals surface area contributed by atoms with Gasteiger partial charge in [-0.25, -0.2) is 4.79 Å². The van der Waals surface area contributed by atoms with Crippen molar-refractivity contribution in [2.75, 3.05) is 40.3 Å². The zero-order chi connectivity index (χ0) is 14.4. The molecule has 1 aliphatic heterocycles. The molecule has 2 amide bonds. The maximum atomic E-state index is 11.9. The quantitative estimate of drug-likeness (QED) is 0.912. The highest BCUT2D eigenvalue weighted by atomic mass is 16.5. The molecule has 5 heteroatoms. The number of nitrogens with one attached hydrogen (secondary N) is 1. The van der Waals surface area contributed by atoms with Crippen LogP contribution in [0.3, 0.4) is 0 Å². The van der Waals surface area contributed by atoms with E-state index < -0.39 is 0 Å². The van der Waals surface area contributed by atoms with Gasteiger partial charge < -0.3 is 19.9 Å². The molecule has 0 spiro atoms. The summed E-state index contributed by atoms with van der Waals surface area (Å²) in [7, 11) is 3.70. The van der Waals surface area contributed by atoms with Crippen LogP contribution in [0, 0.1) is 0 Å². The number of carbonyl (C=O) groups excluding carboxylic acids is 1. The first kappa shape index (κ1) is 14.4. The van der Waals surface area contributed by atoms with Gasteiger partial charge in [-0.05, 0) is 30.8 Å². The molecule has 1 aliphatic rings. The highest BCUT2D eigenvalue weighted by Crippen LogP contribution is 2.13. The zero-order valence-electron chi connectivity index (χ0n) is 12.0. The summed E-state index contributed by atoms with van der Waals surface area (Å²) in [6.45, 7) is 3.39. The third-order valence-corrected chi connectivity index (χ3v) is 3.37. The second-order valence-corrected chi connectivity index (χ2v) is 4.85. The molecule has 1 aromatic carbocycles. The van der Waals surface area contributed by atoms with Crippen molar-refractivity contribution in [3.8, 4) is 5.75 Å². The second-order valence-electron chi connectivity index (χ2n) is 4.85. The molecule has 0 saturated carbocycles. The van der Waals surface area contributed by atoms with Crippen LogP contribution in [0.5, 0.6) is 5.75 Å². The fourth-order valence-electron chi connectivity index (χ4n) is 2.06. The predicted molar refractivity (Wildman–Crippen MR) is 79.6 cm³/mol. The lowest BCUT2D eigenvalue weighted by Crippen LogP contribution is -2.49. The number of methoxy groups -OCH3 is 1. The Morgan fingerprint density at radius 1 is 1.30 bits per heavy atom. The van der Waals surface area contributed by atoms with Gasteiger partial charge >= 0.3 is 6.03 Å². The van der Waals surface area contributed by atoms with Gasteiger partial charge in [0.2, 0.25) is 0 Å². The molecule has 1 heterocycles. The average molecular weight is 275 g/mol. The number of likely N-dealkylation sites (N-methyl/N-ethyl adjacent to an activating group) is 1. The number of amides is 2. The van der Waals surface area contributed by atoms with Gasteiger partial charge in [-0.1, -0.05) is 12.1 Å². The molecule has 1 N–H and O–H groups in total. The van der Waals surface area contributed by atoms with Gasteiger partial charge in [0.25, 0.3) is 0 Å². The van der Waals surface area contributed by atoms with Crippen LogP contribution in [0.2, 0.25) is 0 Å². The molecular weight excluding hydrogens is 254 g/mol. The van der Waals surface area contributed by atoms with Gasteiger partial charge in [-0.3, -0.25) is 0 Å². The Hall–Kier alpha value is -2.01. The van der Waals surface area contributed by atoms with Gasteiger partial charge in [0.1, 0.15) is 5.75 Å². The van der Waals surface area contributed by atoms with Crippen molar-refractivity contribution in [2.24, 2.45) is 0 Å². The summed E-state index contributed by atoms with van der Waals surface area (Å²) in [6, 6.07) is 7.64. The first-order chi connectivity index (χ1) is 9.69. The molecule has 1 fully saturated rings. The average Bonchev–Trinajstić information content (AvgIpc) is 2.48. The van der Waals surface area contributed by atoms with E-state index in [0.717, 1.165) is 37.5 Å². The van der Waals surface area contributed by atoms with Crippen molar-refractivity contribution >= 4 is 12.1 Å². The van der Waals surface area contributed by atoms with Crippen molar-refractivity contribution in [1.82, 2.24) is 15.1 Å². The molecule has 20 heavy (non-hydrogen) atoms. The van der Waals surface area contributed by atoms with E-state index in [2.05, 4.69) is 17.3 Å². The number of ether oxygens (including phenoxy) is 1. The molecule has 0 aromatic heterocycles. The van der Waals surface area contributed by atoms with Crippen molar-refractivity contribution in [3.05, 3.63) is 36.0 Å². The Morgan fingerprint density at radius 3 is 2.75 bits per heavy atom. The third kappa shape index (κ3) is 3.99. The highest BCUT2D eigenvalue weighted by Gasteiger charge is 2.17. The minimum absolute atomic E-state index is 0.0442. The molecule has 0 atom stereocenters. The molecule has 1 saturated heterocycles. The summed E-state index contributed by atoms with van der Waals surface area (Å²) in [4.78, 5) is 16.0. The SMILES string of the molecule is COc1cccc(/C=C/NC(=O)N2CCN(C)CC2)c1. The third-order valence-electron chi connectivity index (χ3n) is 3.37. The minimum Gasteiger partial charge on any atom is -0.497 e. The molecule has 1 aromatic rings. The first-order valence-corrected chi connectivity index (χ1v) is 6.73. The lowest BCUT2D eigenvalue weighted by atomic mass is 10.2. The highest BCUT2D eigenvalue weighted by molar-refractivity contribution is 5.76. The van der Waals surface area contributed by atoms with E-state index in [1.54, 1.807) is 13.3 Å². The van der Waals surface area contributed by atoms with Crippen LogP contribution < -0.4 is 10.1 Å².